The first-order valence-electron chi connectivity index (χ1n) is 6.78. The number of aryl methyl sites for hydroxylation is 1. The zero-order valence-corrected chi connectivity index (χ0v) is 13.2. The van der Waals surface area contributed by atoms with E-state index in [4.69, 9.17) is 4.74 Å². The van der Waals surface area contributed by atoms with Gasteiger partial charge in [0.25, 0.3) is 5.69 Å². The molecule has 2 heterocycles. The van der Waals surface area contributed by atoms with Crippen molar-refractivity contribution in [1.82, 2.24) is 0 Å². The largest absolute Gasteiger partial charge is 0.402 e. The molecule has 2 aromatic rings. The highest BCUT2D eigenvalue weighted by molar-refractivity contribution is 7.11. The minimum atomic E-state index is -0.557. The van der Waals surface area contributed by atoms with Crippen LogP contribution in [0.4, 0.5) is 5.69 Å². The summed E-state index contributed by atoms with van der Waals surface area (Å²) in [6.45, 7) is 3.55. The minimum Gasteiger partial charge on any atom is -0.402 e. The zero-order chi connectivity index (χ0) is 16.6. The molecule has 0 fully saturated rings. The number of nitro benzene ring substituents is 1. The molecule has 0 bridgehead atoms. The van der Waals surface area contributed by atoms with Crippen molar-refractivity contribution in [2.24, 2.45) is 4.99 Å². The fourth-order valence-corrected chi connectivity index (χ4v) is 3.09. The summed E-state index contributed by atoms with van der Waals surface area (Å²) < 4.78 is 5.19. The second-order valence-electron chi connectivity index (χ2n) is 5.01. The summed E-state index contributed by atoms with van der Waals surface area (Å²) in [5.41, 5.74) is 2.06. The lowest BCUT2D eigenvalue weighted by Crippen LogP contribution is -2.08. The molecule has 0 aliphatic carbocycles. The van der Waals surface area contributed by atoms with E-state index in [1.165, 1.54) is 17.4 Å². The molecule has 0 amide bonds. The van der Waals surface area contributed by atoms with Gasteiger partial charge in [0.2, 0.25) is 5.90 Å². The van der Waals surface area contributed by atoms with Gasteiger partial charge in [0.05, 0.1) is 4.92 Å². The summed E-state index contributed by atoms with van der Waals surface area (Å²) in [7, 11) is 0. The van der Waals surface area contributed by atoms with E-state index in [0.717, 1.165) is 10.4 Å². The van der Waals surface area contributed by atoms with Crippen LogP contribution in [-0.4, -0.2) is 16.8 Å². The Morgan fingerprint density at radius 3 is 2.74 bits per heavy atom. The summed E-state index contributed by atoms with van der Waals surface area (Å²) in [4.78, 5) is 27.7. The standard InChI is InChI=1S/C16H12N2O4S/c1-9-6-7-23-14(9)8-12-16(19)22-15(17-12)11-4-3-5-13(10(11)2)18(20)21/h3-8H,1-2H3. The van der Waals surface area contributed by atoms with Crippen LogP contribution in [0.2, 0.25) is 0 Å². The molecule has 0 spiro atoms. The first kappa shape index (κ1) is 15.1. The summed E-state index contributed by atoms with van der Waals surface area (Å²) in [5.74, 6) is -0.463. The maximum atomic E-state index is 12.0. The van der Waals surface area contributed by atoms with Gasteiger partial charge in [-0.05, 0) is 43.0 Å². The van der Waals surface area contributed by atoms with E-state index in [2.05, 4.69) is 4.99 Å². The van der Waals surface area contributed by atoms with Gasteiger partial charge in [0.15, 0.2) is 5.70 Å². The number of nitro groups is 1. The first-order valence-corrected chi connectivity index (χ1v) is 7.66. The second-order valence-corrected chi connectivity index (χ2v) is 5.96. The van der Waals surface area contributed by atoms with Crippen molar-refractivity contribution >= 4 is 35.0 Å². The number of hydrogen-bond donors (Lipinski definition) is 0. The van der Waals surface area contributed by atoms with Crippen LogP contribution in [0.3, 0.4) is 0 Å². The number of ether oxygens (including phenoxy) is 1. The molecule has 0 unspecified atom stereocenters. The van der Waals surface area contributed by atoms with Gasteiger partial charge in [-0.3, -0.25) is 10.1 Å². The Bertz CT molecular complexity index is 880. The highest BCUT2D eigenvalue weighted by Gasteiger charge is 2.27. The van der Waals surface area contributed by atoms with Crippen LogP contribution in [0.15, 0.2) is 40.3 Å². The lowest BCUT2D eigenvalue weighted by atomic mass is 10.1. The monoisotopic (exact) mass is 328 g/mol. The van der Waals surface area contributed by atoms with Gasteiger partial charge >= 0.3 is 5.97 Å². The number of benzene rings is 1. The van der Waals surface area contributed by atoms with Gasteiger partial charge in [0.1, 0.15) is 0 Å². The Hall–Kier alpha value is -2.80. The lowest BCUT2D eigenvalue weighted by Gasteiger charge is -2.04. The molecule has 0 atom stereocenters. The molecule has 0 N–H and O–H groups in total. The number of carbonyl (C=O) groups excluding carboxylic acids is 1. The van der Waals surface area contributed by atoms with Crippen LogP contribution in [0.25, 0.3) is 6.08 Å². The second kappa shape index (κ2) is 5.77. The quantitative estimate of drug-likeness (QED) is 0.373. The summed E-state index contributed by atoms with van der Waals surface area (Å²) in [6.07, 6.45) is 1.67. The normalized spacial score (nSPS) is 15.7. The molecule has 0 saturated carbocycles. The lowest BCUT2D eigenvalue weighted by molar-refractivity contribution is -0.385. The van der Waals surface area contributed by atoms with Crippen molar-refractivity contribution in [3.05, 3.63) is 67.0 Å². The Morgan fingerprint density at radius 1 is 1.30 bits per heavy atom. The maximum absolute atomic E-state index is 12.0. The van der Waals surface area contributed by atoms with Crippen LogP contribution in [0.1, 0.15) is 21.6 Å². The van der Waals surface area contributed by atoms with Crippen LogP contribution in [0.5, 0.6) is 0 Å². The number of esters is 1. The fourth-order valence-electron chi connectivity index (χ4n) is 2.23. The van der Waals surface area contributed by atoms with Crippen molar-refractivity contribution in [3.8, 4) is 0 Å². The van der Waals surface area contributed by atoms with Crippen molar-refractivity contribution in [2.75, 3.05) is 0 Å². The van der Waals surface area contributed by atoms with Gasteiger partial charge in [-0.2, -0.15) is 0 Å². The molecular weight excluding hydrogens is 316 g/mol. The van der Waals surface area contributed by atoms with Crippen LogP contribution in [-0.2, 0) is 9.53 Å². The third-order valence-electron chi connectivity index (χ3n) is 3.52. The van der Waals surface area contributed by atoms with Gasteiger partial charge < -0.3 is 4.74 Å². The molecule has 0 saturated heterocycles. The van der Waals surface area contributed by atoms with Gasteiger partial charge in [-0.1, -0.05) is 6.07 Å². The minimum absolute atomic E-state index is 0.0345. The third-order valence-corrected chi connectivity index (χ3v) is 4.49. The van der Waals surface area contributed by atoms with E-state index in [1.807, 2.05) is 18.4 Å². The summed E-state index contributed by atoms with van der Waals surface area (Å²) >= 11 is 1.50. The highest BCUT2D eigenvalue weighted by atomic mass is 32.1. The van der Waals surface area contributed by atoms with Gasteiger partial charge in [-0.15, -0.1) is 11.3 Å². The molecule has 1 aliphatic heterocycles. The Balaban J connectivity index is 2.03. The molecule has 23 heavy (non-hydrogen) atoms. The average molecular weight is 328 g/mol. The number of cyclic esters (lactones) is 1. The predicted molar refractivity (Wildman–Crippen MR) is 87.5 cm³/mol. The molecule has 7 heteroatoms. The zero-order valence-electron chi connectivity index (χ0n) is 12.4. The number of nitrogens with zero attached hydrogens (tertiary/aromatic N) is 2. The molecule has 1 aromatic carbocycles. The molecule has 3 rings (SSSR count). The van der Waals surface area contributed by atoms with E-state index < -0.39 is 10.9 Å². The van der Waals surface area contributed by atoms with E-state index in [1.54, 1.807) is 25.1 Å². The van der Waals surface area contributed by atoms with Crippen molar-refractivity contribution < 1.29 is 14.5 Å². The third kappa shape index (κ3) is 2.78. The van der Waals surface area contributed by atoms with Crippen molar-refractivity contribution in [3.63, 3.8) is 0 Å². The van der Waals surface area contributed by atoms with E-state index in [9.17, 15) is 14.9 Å². The number of hydrogen-bond acceptors (Lipinski definition) is 6. The Kier molecular flexibility index (Phi) is 3.79. The number of rotatable bonds is 3. The average Bonchev–Trinajstić information content (AvgIpc) is 3.06. The number of thiophene rings is 1. The summed E-state index contributed by atoms with van der Waals surface area (Å²) in [6, 6.07) is 6.55. The number of carbonyl (C=O) groups is 1. The molecular formula is C16H12N2O4S. The topological polar surface area (TPSA) is 81.8 Å². The Morgan fingerprint density at radius 2 is 2.09 bits per heavy atom. The van der Waals surface area contributed by atoms with Crippen LogP contribution < -0.4 is 0 Å². The first-order chi connectivity index (χ1) is 11.0. The number of aliphatic imine (C=N–C) groups is 1. The molecule has 116 valence electrons. The van der Waals surface area contributed by atoms with E-state index >= 15 is 0 Å². The highest BCUT2D eigenvalue weighted by Crippen LogP contribution is 2.27. The predicted octanol–water partition coefficient (Wildman–Crippen LogP) is 3.62. The summed E-state index contributed by atoms with van der Waals surface area (Å²) in [5, 5.41) is 12.9. The van der Waals surface area contributed by atoms with E-state index in [-0.39, 0.29) is 17.3 Å². The maximum Gasteiger partial charge on any atom is 0.363 e. The van der Waals surface area contributed by atoms with Gasteiger partial charge in [0, 0.05) is 22.1 Å². The molecule has 1 aromatic heterocycles. The smallest absolute Gasteiger partial charge is 0.363 e. The van der Waals surface area contributed by atoms with Crippen molar-refractivity contribution in [2.45, 2.75) is 13.8 Å². The Labute approximate surface area is 135 Å². The van der Waals surface area contributed by atoms with Crippen molar-refractivity contribution in [1.29, 1.82) is 0 Å². The molecule has 1 aliphatic rings. The van der Waals surface area contributed by atoms with Gasteiger partial charge in [-0.25, -0.2) is 9.79 Å². The van der Waals surface area contributed by atoms with Crippen LogP contribution in [0, 0.1) is 24.0 Å². The SMILES string of the molecule is Cc1ccsc1C=C1N=C(c2cccc([N+](=O)[O-])c2C)OC1=O. The van der Waals surface area contributed by atoms with Crippen LogP contribution >= 0.6 is 11.3 Å². The van der Waals surface area contributed by atoms with E-state index in [0.29, 0.717) is 11.1 Å². The fraction of sp³-hybridized carbons (Fsp3) is 0.125. The molecule has 0 radical (unpaired) electrons. The molecule has 6 nitrogen and oxygen atoms in total.